The maximum atomic E-state index is 10.1. The second-order valence-corrected chi connectivity index (χ2v) is 5.37. The summed E-state index contributed by atoms with van der Waals surface area (Å²) in [6.07, 6.45) is 2.74. The predicted molar refractivity (Wildman–Crippen MR) is 67.0 cm³/mol. The fraction of sp³-hybridized carbons (Fsp3) is 0.500. The minimum absolute atomic E-state index is 0.126. The van der Waals surface area contributed by atoms with Gasteiger partial charge in [0.25, 0.3) is 0 Å². The molecule has 88 valence electrons. The lowest BCUT2D eigenvalue weighted by Crippen LogP contribution is -2.24. The second kappa shape index (κ2) is 3.93. The molecule has 1 aromatic carbocycles. The van der Waals surface area contributed by atoms with Crippen LogP contribution in [0.5, 0.6) is 11.5 Å². The number of benzene rings is 1. The van der Waals surface area contributed by atoms with E-state index in [4.69, 9.17) is 10.5 Å². The molecule has 1 saturated carbocycles. The highest BCUT2D eigenvalue weighted by molar-refractivity contribution is 9.10. The van der Waals surface area contributed by atoms with Gasteiger partial charge in [-0.3, -0.25) is 0 Å². The number of hydrogen-bond acceptors (Lipinski definition) is 3. The molecule has 4 heteroatoms. The van der Waals surface area contributed by atoms with Crippen molar-refractivity contribution in [2.24, 2.45) is 5.73 Å². The van der Waals surface area contributed by atoms with E-state index in [-0.39, 0.29) is 11.3 Å². The Bertz CT molecular complexity index is 428. The third kappa shape index (κ3) is 2.04. The largest absolute Gasteiger partial charge is 0.504 e. The molecule has 0 saturated heterocycles. The molecule has 0 aliphatic heterocycles. The monoisotopic (exact) mass is 285 g/mol. The number of ether oxygens (including phenoxy) is 1. The van der Waals surface area contributed by atoms with Crippen molar-refractivity contribution in [3.05, 3.63) is 21.7 Å². The molecule has 1 aliphatic rings. The quantitative estimate of drug-likeness (QED) is 0.897. The number of hydrogen-bond donors (Lipinski definition) is 2. The van der Waals surface area contributed by atoms with Crippen LogP contribution in [0.25, 0.3) is 0 Å². The average Bonchev–Trinajstić information content (AvgIpc) is 2.97. The van der Waals surface area contributed by atoms with Crippen molar-refractivity contribution in [3.63, 3.8) is 0 Å². The summed E-state index contributed by atoms with van der Waals surface area (Å²) in [6, 6.07) is 1.82. The van der Waals surface area contributed by atoms with Gasteiger partial charge in [0.1, 0.15) is 0 Å². The molecule has 1 aliphatic carbocycles. The van der Waals surface area contributed by atoms with Crippen LogP contribution < -0.4 is 10.5 Å². The zero-order chi connectivity index (χ0) is 11.9. The summed E-state index contributed by atoms with van der Waals surface area (Å²) in [4.78, 5) is 0. The van der Waals surface area contributed by atoms with Crippen LogP contribution in [-0.2, 0) is 6.42 Å². The van der Waals surface area contributed by atoms with Gasteiger partial charge in [0.2, 0.25) is 0 Å². The molecule has 0 unspecified atom stereocenters. The van der Waals surface area contributed by atoms with E-state index in [2.05, 4.69) is 15.9 Å². The van der Waals surface area contributed by atoms with Gasteiger partial charge in [0, 0.05) is 15.6 Å². The minimum Gasteiger partial charge on any atom is -0.504 e. The van der Waals surface area contributed by atoms with Crippen LogP contribution in [0.1, 0.15) is 24.0 Å². The van der Waals surface area contributed by atoms with Gasteiger partial charge in [-0.05, 0) is 37.8 Å². The molecule has 0 radical (unpaired) electrons. The Labute approximate surface area is 104 Å². The van der Waals surface area contributed by atoms with Crippen molar-refractivity contribution < 1.29 is 9.84 Å². The third-order valence-corrected chi connectivity index (χ3v) is 4.22. The molecule has 0 heterocycles. The number of rotatable bonds is 3. The molecule has 0 aromatic heterocycles. The molecule has 2 rings (SSSR count). The lowest BCUT2D eigenvalue weighted by molar-refractivity contribution is 0.368. The number of nitrogens with two attached hydrogens (primary N) is 1. The molecule has 0 bridgehead atoms. The lowest BCUT2D eigenvalue weighted by atomic mass is 10.0. The van der Waals surface area contributed by atoms with Crippen molar-refractivity contribution >= 4 is 15.9 Å². The van der Waals surface area contributed by atoms with E-state index >= 15 is 0 Å². The predicted octanol–water partition coefficient (Wildman–Crippen LogP) is 2.51. The van der Waals surface area contributed by atoms with Gasteiger partial charge in [-0.1, -0.05) is 15.9 Å². The standard InChI is InChI=1S/C12H16BrNO2/c1-7-5-9(16-2)11(15)8(10(7)13)6-12(14)3-4-12/h5,15H,3-4,6,14H2,1-2H3. The summed E-state index contributed by atoms with van der Waals surface area (Å²) >= 11 is 3.50. The van der Waals surface area contributed by atoms with Crippen molar-refractivity contribution in [1.29, 1.82) is 0 Å². The smallest absolute Gasteiger partial charge is 0.162 e. The number of aromatic hydroxyl groups is 1. The SMILES string of the molecule is COc1cc(C)c(Br)c(CC2(N)CC2)c1O. The summed E-state index contributed by atoms with van der Waals surface area (Å²) in [5.41, 5.74) is 7.87. The number of aryl methyl sites for hydroxylation is 1. The fourth-order valence-electron chi connectivity index (χ4n) is 1.83. The van der Waals surface area contributed by atoms with E-state index in [1.54, 1.807) is 7.11 Å². The van der Waals surface area contributed by atoms with E-state index in [0.717, 1.165) is 28.4 Å². The Balaban J connectivity index is 2.44. The van der Waals surface area contributed by atoms with Crippen LogP contribution in [0, 0.1) is 6.92 Å². The lowest BCUT2D eigenvalue weighted by Gasteiger charge is -2.16. The first-order valence-corrected chi connectivity index (χ1v) is 6.10. The first-order valence-electron chi connectivity index (χ1n) is 5.31. The highest BCUT2D eigenvalue weighted by Gasteiger charge is 2.39. The molecule has 16 heavy (non-hydrogen) atoms. The summed E-state index contributed by atoms with van der Waals surface area (Å²) in [5, 5.41) is 10.1. The topological polar surface area (TPSA) is 55.5 Å². The molecule has 0 atom stereocenters. The Morgan fingerprint density at radius 3 is 2.69 bits per heavy atom. The van der Waals surface area contributed by atoms with Gasteiger partial charge >= 0.3 is 0 Å². The van der Waals surface area contributed by atoms with E-state index < -0.39 is 0 Å². The van der Waals surface area contributed by atoms with Crippen molar-refractivity contribution in [3.8, 4) is 11.5 Å². The highest BCUT2D eigenvalue weighted by atomic mass is 79.9. The van der Waals surface area contributed by atoms with Crippen molar-refractivity contribution in [2.75, 3.05) is 7.11 Å². The third-order valence-electron chi connectivity index (χ3n) is 3.12. The molecular formula is C12H16BrNO2. The van der Waals surface area contributed by atoms with E-state index in [0.29, 0.717) is 12.2 Å². The maximum Gasteiger partial charge on any atom is 0.162 e. The Kier molecular flexibility index (Phi) is 2.88. The van der Waals surface area contributed by atoms with E-state index in [9.17, 15) is 5.11 Å². The van der Waals surface area contributed by atoms with E-state index in [1.807, 2.05) is 13.0 Å². The molecule has 3 N–H and O–H groups in total. The first kappa shape index (κ1) is 11.7. The van der Waals surface area contributed by atoms with Gasteiger partial charge in [0.05, 0.1) is 7.11 Å². The Morgan fingerprint density at radius 1 is 1.56 bits per heavy atom. The summed E-state index contributed by atoms with van der Waals surface area (Å²) in [7, 11) is 1.56. The molecule has 3 nitrogen and oxygen atoms in total. The first-order chi connectivity index (χ1) is 7.47. The van der Waals surface area contributed by atoms with Crippen molar-refractivity contribution in [2.45, 2.75) is 31.7 Å². The van der Waals surface area contributed by atoms with Crippen LogP contribution in [0.3, 0.4) is 0 Å². The Hall–Kier alpha value is -0.740. The van der Waals surface area contributed by atoms with Crippen LogP contribution >= 0.6 is 15.9 Å². The van der Waals surface area contributed by atoms with Gasteiger partial charge in [-0.25, -0.2) is 0 Å². The second-order valence-electron chi connectivity index (χ2n) is 4.58. The number of methoxy groups -OCH3 is 1. The zero-order valence-electron chi connectivity index (χ0n) is 9.51. The Morgan fingerprint density at radius 2 is 2.19 bits per heavy atom. The van der Waals surface area contributed by atoms with Gasteiger partial charge in [-0.2, -0.15) is 0 Å². The van der Waals surface area contributed by atoms with E-state index in [1.165, 1.54) is 0 Å². The maximum absolute atomic E-state index is 10.1. The molecule has 0 amide bonds. The molecular weight excluding hydrogens is 270 g/mol. The van der Waals surface area contributed by atoms with Gasteiger partial charge in [0.15, 0.2) is 11.5 Å². The number of phenolic OH excluding ortho intramolecular Hbond substituents is 1. The minimum atomic E-state index is -0.126. The number of phenols is 1. The van der Waals surface area contributed by atoms with Gasteiger partial charge < -0.3 is 15.6 Å². The van der Waals surface area contributed by atoms with Gasteiger partial charge in [-0.15, -0.1) is 0 Å². The van der Waals surface area contributed by atoms with Crippen LogP contribution in [-0.4, -0.2) is 17.8 Å². The fourth-order valence-corrected chi connectivity index (χ4v) is 2.27. The normalized spacial score (nSPS) is 17.2. The van der Waals surface area contributed by atoms with Crippen LogP contribution in [0.2, 0.25) is 0 Å². The average molecular weight is 286 g/mol. The van der Waals surface area contributed by atoms with Crippen LogP contribution in [0.4, 0.5) is 0 Å². The number of halogens is 1. The molecule has 1 fully saturated rings. The highest BCUT2D eigenvalue weighted by Crippen LogP contribution is 2.44. The summed E-state index contributed by atoms with van der Waals surface area (Å²) < 4.78 is 6.08. The van der Waals surface area contributed by atoms with Crippen molar-refractivity contribution in [1.82, 2.24) is 0 Å². The van der Waals surface area contributed by atoms with Crippen LogP contribution in [0.15, 0.2) is 10.5 Å². The molecule has 1 aromatic rings. The molecule has 0 spiro atoms. The zero-order valence-corrected chi connectivity index (χ0v) is 11.1. The summed E-state index contributed by atoms with van der Waals surface area (Å²) in [5.74, 6) is 0.719. The summed E-state index contributed by atoms with van der Waals surface area (Å²) in [6.45, 7) is 1.98.